The average Bonchev–Trinajstić information content (AvgIpc) is 3.16. The number of aromatic nitrogens is 2. The molecule has 0 bridgehead atoms. The molecule has 0 N–H and O–H groups in total. The maximum absolute atomic E-state index is 6.15. The quantitative estimate of drug-likeness (QED) is 0.703. The fourth-order valence-electron chi connectivity index (χ4n) is 2.35. The highest BCUT2D eigenvalue weighted by Crippen LogP contribution is 2.35. The maximum Gasteiger partial charge on any atom is 0.250 e. The lowest BCUT2D eigenvalue weighted by atomic mass is 10.1. The van der Waals surface area contributed by atoms with Crippen LogP contribution in [0, 0.1) is 0 Å². The van der Waals surface area contributed by atoms with E-state index >= 15 is 0 Å². The molecule has 1 aromatic heterocycles. The largest absolute Gasteiger partial charge is 0.454 e. The van der Waals surface area contributed by atoms with Gasteiger partial charge in [-0.05, 0) is 29.8 Å². The van der Waals surface area contributed by atoms with E-state index in [1.54, 1.807) is 18.2 Å². The summed E-state index contributed by atoms with van der Waals surface area (Å²) in [5, 5.41) is 9.03. The minimum absolute atomic E-state index is 0.245. The summed E-state index contributed by atoms with van der Waals surface area (Å²) in [6.45, 7) is 0.245. The van der Waals surface area contributed by atoms with Gasteiger partial charge in [-0.15, -0.1) is 10.2 Å². The molecule has 1 aliphatic rings. The van der Waals surface area contributed by atoms with Crippen molar-refractivity contribution < 1.29 is 13.9 Å². The monoisotopic (exact) mass is 348 g/mol. The molecule has 116 valence electrons. The zero-order valence-corrected chi connectivity index (χ0v) is 13.3. The second kappa shape index (κ2) is 5.76. The molecule has 5 nitrogen and oxygen atoms in total. The number of hydrogen-bond acceptors (Lipinski definition) is 5. The molecule has 0 amide bonds. The summed E-state index contributed by atoms with van der Waals surface area (Å²) in [4.78, 5) is 0. The van der Waals surface area contributed by atoms with Crippen LogP contribution in [0.5, 0.6) is 11.5 Å². The lowest BCUT2D eigenvalue weighted by Crippen LogP contribution is -1.93. The average molecular weight is 349 g/mol. The van der Waals surface area contributed by atoms with Crippen LogP contribution >= 0.6 is 23.2 Å². The Hall–Kier alpha value is -2.24. The first-order valence-electron chi connectivity index (χ1n) is 6.86. The molecule has 23 heavy (non-hydrogen) atoms. The fraction of sp³-hybridized carbons (Fsp3) is 0.125. The normalized spacial score (nSPS) is 12.6. The summed E-state index contributed by atoms with van der Waals surface area (Å²) in [6.07, 6.45) is 0.478. The van der Waals surface area contributed by atoms with Crippen LogP contribution < -0.4 is 9.47 Å². The fourth-order valence-corrected chi connectivity index (χ4v) is 2.91. The molecule has 2 heterocycles. The van der Waals surface area contributed by atoms with Crippen molar-refractivity contribution in [3.05, 3.63) is 57.9 Å². The molecule has 0 atom stereocenters. The maximum atomic E-state index is 6.15. The molecule has 1 aliphatic heterocycles. The Kier molecular flexibility index (Phi) is 3.59. The van der Waals surface area contributed by atoms with Gasteiger partial charge in [0.25, 0.3) is 5.89 Å². The SMILES string of the molecule is Clc1cccc(Cl)c1-c1nnc(Cc2ccc3c(c2)OCO3)o1. The number of benzene rings is 2. The molecule has 4 rings (SSSR count). The Balaban J connectivity index is 1.61. The van der Waals surface area contributed by atoms with Crippen molar-refractivity contribution in [3.63, 3.8) is 0 Å². The third kappa shape index (κ3) is 2.73. The highest BCUT2D eigenvalue weighted by atomic mass is 35.5. The van der Waals surface area contributed by atoms with Gasteiger partial charge < -0.3 is 13.9 Å². The second-order valence-electron chi connectivity index (χ2n) is 4.96. The van der Waals surface area contributed by atoms with Gasteiger partial charge >= 0.3 is 0 Å². The first-order chi connectivity index (χ1) is 11.2. The molecule has 0 saturated carbocycles. The van der Waals surface area contributed by atoms with E-state index in [9.17, 15) is 0 Å². The van der Waals surface area contributed by atoms with Crippen LogP contribution in [0.3, 0.4) is 0 Å². The lowest BCUT2D eigenvalue weighted by molar-refractivity contribution is 0.174. The Morgan fingerprint density at radius 2 is 1.74 bits per heavy atom. The van der Waals surface area contributed by atoms with Gasteiger partial charge in [-0.25, -0.2) is 0 Å². The standard InChI is InChI=1S/C16H10Cl2N2O3/c17-10-2-1-3-11(18)15(10)16-20-19-14(23-16)7-9-4-5-12-13(6-9)22-8-21-12/h1-6H,7-8H2. The molecule has 0 unspecified atom stereocenters. The summed E-state index contributed by atoms with van der Waals surface area (Å²) < 4.78 is 16.3. The number of rotatable bonds is 3. The number of ether oxygens (including phenoxy) is 2. The van der Waals surface area contributed by atoms with Crippen molar-refractivity contribution in [1.82, 2.24) is 10.2 Å². The second-order valence-corrected chi connectivity index (χ2v) is 5.78. The summed E-state index contributed by atoms with van der Waals surface area (Å²) in [7, 11) is 0. The van der Waals surface area contributed by atoms with Gasteiger partial charge in [0, 0.05) is 0 Å². The molecule has 2 aromatic carbocycles. The van der Waals surface area contributed by atoms with Crippen molar-refractivity contribution in [2.45, 2.75) is 6.42 Å². The number of nitrogens with zero attached hydrogens (tertiary/aromatic N) is 2. The number of halogens is 2. The predicted octanol–water partition coefficient (Wildman–Crippen LogP) is 4.36. The first-order valence-corrected chi connectivity index (χ1v) is 7.61. The van der Waals surface area contributed by atoms with Crippen molar-refractivity contribution in [2.75, 3.05) is 6.79 Å². The third-order valence-corrected chi connectivity index (χ3v) is 4.07. The van der Waals surface area contributed by atoms with Crippen LogP contribution in [0.15, 0.2) is 40.8 Å². The summed E-state index contributed by atoms with van der Waals surface area (Å²) in [6, 6.07) is 10.9. The Morgan fingerprint density at radius 1 is 0.957 bits per heavy atom. The zero-order valence-electron chi connectivity index (χ0n) is 11.8. The Labute approximate surface area is 141 Å². The zero-order chi connectivity index (χ0) is 15.8. The Morgan fingerprint density at radius 3 is 2.57 bits per heavy atom. The van der Waals surface area contributed by atoms with Crippen molar-refractivity contribution in [2.24, 2.45) is 0 Å². The van der Waals surface area contributed by atoms with Gasteiger partial charge in [0.05, 0.1) is 22.0 Å². The predicted molar refractivity (Wildman–Crippen MR) is 85.1 cm³/mol. The third-order valence-electron chi connectivity index (χ3n) is 3.44. The first kappa shape index (κ1) is 14.4. The van der Waals surface area contributed by atoms with Gasteiger partial charge in [0.2, 0.25) is 12.7 Å². The van der Waals surface area contributed by atoms with Crippen LogP contribution in [0.25, 0.3) is 11.5 Å². The van der Waals surface area contributed by atoms with E-state index in [-0.39, 0.29) is 6.79 Å². The highest BCUT2D eigenvalue weighted by molar-refractivity contribution is 6.38. The van der Waals surface area contributed by atoms with Crippen LogP contribution in [0.1, 0.15) is 11.5 Å². The summed E-state index contributed by atoms with van der Waals surface area (Å²) >= 11 is 12.3. The van der Waals surface area contributed by atoms with E-state index in [0.717, 1.165) is 17.1 Å². The lowest BCUT2D eigenvalue weighted by Gasteiger charge is -2.01. The molecular weight excluding hydrogens is 339 g/mol. The van der Waals surface area contributed by atoms with Crippen molar-refractivity contribution >= 4 is 23.2 Å². The molecule has 0 saturated heterocycles. The van der Waals surface area contributed by atoms with Crippen molar-refractivity contribution in [1.29, 1.82) is 0 Å². The van der Waals surface area contributed by atoms with Gasteiger partial charge in [-0.2, -0.15) is 0 Å². The van der Waals surface area contributed by atoms with Gasteiger partial charge in [-0.1, -0.05) is 35.3 Å². The molecule has 0 spiro atoms. The smallest absolute Gasteiger partial charge is 0.250 e. The Bertz CT molecular complexity index is 859. The molecule has 0 aliphatic carbocycles. The van der Waals surface area contributed by atoms with E-state index < -0.39 is 0 Å². The van der Waals surface area contributed by atoms with E-state index in [0.29, 0.717) is 33.8 Å². The molecule has 0 radical (unpaired) electrons. The van der Waals surface area contributed by atoms with Gasteiger partial charge in [0.15, 0.2) is 11.5 Å². The summed E-state index contributed by atoms with van der Waals surface area (Å²) in [5.41, 5.74) is 1.52. The molecule has 7 heteroatoms. The van der Waals surface area contributed by atoms with Crippen LogP contribution in [0.4, 0.5) is 0 Å². The number of hydrogen-bond donors (Lipinski definition) is 0. The van der Waals surface area contributed by atoms with Crippen LogP contribution in [0.2, 0.25) is 10.0 Å². The van der Waals surface area contributed by atoms with Gasteiger partial charge in [0.1, 0.15) is 0 Å². The summed E-state index contributed by atoms with van der Waals surface area (Å²) in [5.74, 6) is 2.23. The molecular formula is C16H10Cl2N2O3. The minimum Gasteiger partial charge on any atom is -0.454 e. The van der Waals surface area contributed by atoms with Crippen LogP contribution in [-0.2, 0) is 6.42 Å². The topological polar surface area (TPSA) is 57.4 Å². The van der Waals surface area contributed by atoms with E-state index in [4.69, 9.17) is 37.1 Å². The molecule has 3 aromatic rings. The minimum atomic E-state index is 0.245. The van der Waals surface area contributed by atoms with E-state index in [1.807, 2.05) is 18.2 Å². The number of fused-ring (bicyclic) bond motifs is 1. The molecule has 0 fully saturated rings. The van der Waals surface area contributed by atoms with E-state index in [1.165, 1.54) is 0 Å². The van der Waals surface area contributed by atoms with Crippen LogP contribution in [-0.4, -0.2) is 17.0 Å². The van der Waals surface area contributed by atoms with Gasteiger partial charge in [-0.3, -0.25) is 0 Å². The van der Waals surface area contributed by atoms with Crippen molar-refractivity contribution in [3.8, 4) is 23.0 Å². The van der Waals surface area contributed by atoms with E-state index in [2.05, 4.69) is 10.2 Å². The highest BCUT2D eigenvalue weighted by Gasteiger charge is 2.17.